The van der Waals surface area contributed by atoms with Crippen LogP contribution < -0.4 is 0 Å². The van der Waals surface area contributed by atoms with Crippen LogP contribution in [0.1, 0.15) is 58.3 Å². The van der Waals surface area contributed by atoms with Gasteiger partial charge in [-0.2, -0.15) is 0 Å². The topological polar surface area (TPSA) is 20.1 Å². The standard InChI is InChI=1S/C15H24NO/c1-15-11-13(16-8-4-5-9-16)10-12(15)6-2-3-7-14(15)17/h12H,2-11H2,1H3/q+1/t12-,15+/m1/s1. The van der Waals surface area contributed by atoms with Crippen molar-refractivity contribution >= 4 is 11.5 Å². The molecule has 1 aliphatic heterocycles. The molecule has 1 heterocycles. The van der Waals surface area contributed by atoms with Crippen molar-refractivity contribution in [2.45, 2.75) is 58.3 Å². The van der Waals surface area contributed by atoms with Crippen molar-refractivity contribution in [2.24, 2.45) is 11.3 Å². The van der Waals surface area contributed by atoms with Crippen molar-refractivity contribution < 1.29 is 9.37 Å². The third kappa shape index (κ3) is 1.86. The Morgan fingerprint density at radius 3 is 2.71 bits per heavy atom. The second kappa shape index (κ2) is 4.22. The van der Waals surface area contributed by atoms with E-state index in [1.807, 2.05) is 0 Å². The zero-order valence-corrected chi connectivity index (χ0v) is 11.0. The molecule has 2 heteroatoms. The lowest BCUT2D eigenvalue weighted by atomic mass is 9.75. The summed E-state index contributed by atoms with van der Waals surface area (Å²) < 4.78 is 2.58. The number of fused-ring (bicyclic) bond motifs is 1. The number of hydrogen-bond acceptors (Lipinski definition) is 1. The van der Waals surface area contributed by atoms with E-state index in [0.717, 1.165) is 19.3 Å². The largest absolute Gasteiger partial charge is 0.299 e. The Morgan fingerprint density at radius 2 is 1.94 bits per heavy atom. The van der Waals surface area contributed by atoms with E-state index >= 15 is 0 Å². The number of ketones is 1. The van der Waals surface area contributed by atoms with Crippen LogP contribution in [0, 0.1) is 11.3 Å². The molecule has 94 valence electrons. The minimum absolute atomic E-state index is 0.00553. The highest BCUT2D eigenvalue weighted by Crippen LogP contribution is 2.47. The van der Waals surface area contributed by atoms with Gasteiger partial charge in [-0.3, -0.25) is 4.79 Å². The second-order valence-corrected chi connectivity index (χ2v) is 6.42. The summed E-state index contributed by atoms with van der Waals surface area (Å²) in [5, 5.41) is 0. The molecule has 2 saturated carbocycles. The number of hydrogen-bond donors (Lipinski definition) is 0. The van der Waals surface area contributed by atoms with Gasteiger partial charge in [-0.15, -0.1) is 0 Å². The van der Waals surface area contributed by atoms with E-state index in [9.17, 15) is 4.79 Å². The molecule has 3 rings (SSSR count). The zero-order chi connectivity index (χ0) is 11.9. The first-order chi connectivity index (χ1) is 8.20. The minimum atomic E-state index is -0.00553. The number of carbonyl (C=O) groups is 1. The average Bonchev–Trinajstić information content (AvgIpc) is 2.90. The molecule has 0 amide bonds. The van der Waals surface area contributed by atoms with E-state index < -0.39 is 0 Å². The van der Waals surface area contributed by atoms with E-state index in [1.54, 1.807) is 5.71 Å². The fraction of sp³-hybridized carbons (Fsp3) is 0.867. The van der Waals surface area contributed by atoms with Crippen LogP contribution in [0.15, 0.2) is 0 Å². The van der Waals surface area contributed by atoms with Crippen LogP contribution in [0.25, 0.3) is 0 Å². The Kier molecular flexibility index (Phi) is 2.84. The Labute approximate surface area is 104 Å². The Morgan fingerprint density at radius 1 is 1.18 bits per heavy atom. The molecule has 2 atom stereocenters. The first-order valence-corrected chi connectivity index (χ1v) is 7.33. The summed E-state index contributed by atoms with van der Waals surface area (Å²) in [6.07, 6.45) is 9.47. The quantitative estimate of drug-likeness (QED) is 0.590. The smallest absolute Gasteiger partial charge is 0.153 e. The molecular formula is C15H24NO+. The van der Waals surface area contributed by atoms with Crippen molar-refractivity contribution in [3.05, 3.63) is 0 Å². The van der Waals surface area contributed by atoms with Gasteiger partial charge in [-0.1, -0.05) is 13.3 Å². The lowest BCUT2D eigenvalue weighted by Crippen LogP contribution is -2.30. The second-order valence-electron chi connectivity index (χ2n) is 6.42. The molecule has 0 spiro atoms. The van der Waals surface area contributed by atoms with Crippen molar-refractivity contribution in [1.82, 2.24) is 0 Å². The molecule has 0 N–H and O–H groups in total. The van der Waals surface area contributed by atoms with E-state index in [4.69, 9.17) is 0 Å². The maximum atomic E-state index is 12.3. The number of nitrogens with zero attached hydrogens (tertiary/aromatic N) is 1. The molecule has 0 aromatic rings. The molecule has 2 nitrogen and oxygen atoms in total. The van der Waals surface area contributed by atoms with E-state index in [-0.39, 0.29) is 5.41 Å². The maximum absolute atomic E-state index is 12.3. The molecule has 2 aliphatic carbocycles. The molecule has 3 aliphatic rings. The summed E-state index contributed by atoms with van der Waals surface area (Å²) in [6.45, 7) is 4.73. The van der Waals surface area contributed by atoms with Crippen LogP contribution >= 0.6 is 0 Å². The zero-order valence-electron chi connectivity index (χ0n) is 11.0. The van der Waals surface area contributed by atoms with Gasteiger partial charge < -0.3 is 0 Å². The summed E-state index contributed by atoms with van der Waals surface area (Å²) in [7, 11) is 0. The van der Waals surface area contributed by atoms with Gasteiger partial charge in [0, 0.05) is 37.5 Å². The fourth-order valence-corrected chi connectivity index (χ4v) is 4.13. The van der Waals surface area contributed by atoms with Gasteiger partial charge in [0.25, 0.3) is 0 Å². The summed E-state index contributed by atoms with van der Waals surface area (Å²) in [5.74, 6) is 1.20. The lowest BCUT2D eigenvalue weighted by molar-refractivity contribution is -0.508. The van der Waals surface area contributed by atoms with Crippen LogP contribution in [0.2, 0.25) is 0 Å². The molecule has 0 unspecified atom stereocenters. The molecule has 0 bridgehead atoms. The van der Waals surface area contributed by atoms with Crippen molar-refractivity contribution in [2.75, 3.05) is 13.1 Å². The number of carbonyl (C=O) groups excluding carboxylic acids is 1. The summed E-state index contributed by atoms with van der Waals surface area (Å²) in [6, 6.07) is 0. The molecule has 0 aromatic heterocycles. The SMILES string of the molecule is C[C@]12CC(=[N+]3CCCC3)C[C@H]1CCCCC2=O. The minimum Gasteiger partial charge on any atom is -0.299 e. The average molecular weight is 234 g/mol. The first kappa shape index (κ1) is 11.4. The fourth-order valence-electron chi connectivity index (χ4n) is 4.13. The Hall–Kier alpha value is -0.660. The van der Waals surface area contributed by atoms with Crippen molar-refractivity contribution in [3.63, 3.8) is 0 Å². The highest BCUT2D eigenvalue weighted by atomic mass is 16.1. The third-order valence-corrected chi connectivity index (χ3v) is 5.35. The van der Waals surface area contributed by atoms with Gasteiger partial charge in [0.1, 0.15) is 18.9 Å². The number of Topliss-reactive ketones (excluding diaryl/α,β-unsaturated/α-hetero) is 1. The molecule has 0 aromatic carbocycles. The van der Waals surface area contributed by atoms with Gasteiger partial charge in [0.2, 0.25) is 0 Å². The monoisotopic (exact) mass is 234 g/mol. The normalized spacial score (nSPS) is 38.4. The van der Waals surface area contributed by atoms with E-state index in [2.05, 4.69) is 11.5 Å². The third-order valence-electron chi connectivity index (χ3n) is 5.35. The van der Waals surface area contributed by atoms with Gasteiger partial charge in [0.05, 0.1) is 0 Å². The van der Waals surface area contributed by atoms with Crippen molar-refractivity contribution in [1.29, 1.82) is 0 Å². The molecule has 1 saturated heterocycles. The summed E-state index contributed by atoms with van der Waals surface area (Å²) in [5.41, 5.74) is 1.60. The first-order valence-electron chi connectivity index (χ1n) is 7.33. The van der Waals surface area contributed by atoms with Gasteiger partial charge in [-0.25, -0.2) is 4.58 Å². The molecule has 3 fully saturated rings. The Balaban J connectivity index is 1.88. The summed E-state index contributed by atoms with van der Waals surface area (Å²) >= 11 is 0. The maximum Gasteiger partial charge on any atom is 0.153 e. The van der Waals surface area contributed by atoms with Crippen LogP contribution in [-0.2, 0) is 4.79 Å². The van der Waals surface area contributed by atoms with E-state index in [1.165, 1.54) is 45.2 Å². The molecule has 17 heavy (non-hydrogen) atoms. The highest BCUT2D eigenvalue weighted by molar-refractivity contribution is 5.95. The van der Waals surface area contributed by atoms with Gasteiger partial charge >= 0.3 is 0 Å². The predicted molar refractivity (Wildman–Crippen MR) is 68.5 cm³/mol. The van der Waals surface area contributed by atoms with Crippen LogP contribution in [0.5, 0.6) is 0 Å². The van der Waals surface area contributed by atoms with E-state index in [0.29, 0.717) is 11.7 Å². The summed E-state index contributed by atoms with van der Waals surface area (Å²) in [4.78, 5) is 12.3. The van der Waals surface area contributed by atoms with Gasteiger partial charge in [0.15, 0.2) is 5.71 Å². The lowest BCUT2D eigenvalue weighted by Gasteiger charge is -2.26. The van der Waals surface area contributed by atoms with Crippen LogP contribution in [0.3, 0.4) is 0 Å². The van der Waals surface area contributed by atoms with Crippen LogP contribution in [0.4, 0.5) is 0 Å². The molecule has 0 radical (unpaired) electrons. The highest BCUT2D eigenvalue weighted by Gasteiger charge is 2.50. The molecular weight excluding hydrogens is 210 g/mol. The Bertz CT molecular complexity index is 363. The predicted octanol–water partition coefficient (Wildman–Crippen LogP) is 2.79. The van der Waals surface area contributed by atoms with Crippen LogP contribution in [-0.4, -0.2) is 29.2 Å². The number of rotatable bonds is 0. The van der Waals surface area contributed by atoms with Crippen molar-refractivity contribution in [3.8, 4) is 0 Å². The van der Waals surface area contributed by atoms with Gasteiger partial charge in [-0.05, 0) is 18.8 Å².